The summed E-state index contributed by atoms with van der Waals surface area (Å²) in [7, 11) is 0. The summed E-state index contributed by atoms with van der Waals surface area (Å²) in [6.07, 6.45) is 3.33. The van der Waals surface area contributed by atoms with Crippen molar-refractivity contribution >= 4 is 0 Å². The van der Waals surface area contributed by atoms with Gasteiger partial charge in [0.1, 0.15) is 0 Å². The highest BCUT2D eigenvalue weighted by molar-refractivity contribution is 5.42. The molecule has 0 N–H and O–H groups in total. The Morgan fingerprint density at radius 3 is 2.65 bits per heavy atom. The molecule has 7 heteroatoms. The summed E-state index contributed by atoms with van der Waals surface area (Å²) >= 11 is 0. The highest BCUT2D eigenvalue weighted by Gasteiger charge is 2.13. The van der Waals surface area contributed by atoms with Gasteiger partial charge in [0.15, 0.2) is 5.76 Å². The molecule has 0 bridgehead atoms. The number of rotatable bonds is 4. The molecule has 0 aliphatic heterocycles. The van der Waals surface area contributed by atoms with Crippen LogP contribution in [-0.4, -0.2) is 19.6 Å². The van der Waals surface area contributed by atoms with Crippen LogP contribution in [0.1, 0.15) is 5.69 Å². The Balaban J connectivity index is 1.60. The van der Waals surface area contributed by atoms with Crippen molar-refractivity contribution in [3.63, 3.8) is 0 Å². The molecule has 3 aromatic heterocycles. The summed E-state index contributed by atoms with van der Waals surface area (Å²) < 4.78 is 13.2. The van der Waals surface area contributed by atoms with Gasteiger partial charge >= 0.3 is 5.76 Å². The van der Waals surface area contributed by atoms with Crippen LogP contribution in [0, 0.1) is 0 Å². The number of benzene rings is 1. The van der Waals surface area contributed by atoms with E-state index in [1.54, 1.807) is 16.8 Å². The molecule has 0 fully saturated rings. The van der Waals surface area contributed by atoms with Gasteiger partial charge in [-0.05, 0) is 30.3 Å². The first-order valence-electron chi connectivity index (χ1n) is 7.01. The number of hydrogen-bond donors (Lipinski definition) is 0. The van der Waals surface area contributed by atoms with Crippen LogP contribution < -0.4 is 5.76 Å². The fourth-order valence-corrected chi connectivity index (χ4v) is 2.23. The molecule has 0 aliphatic carbocycles. The topological polar surface area (TPSA) is 79.0 Å². The lowest BCUT2D eigenvalue weighted by Gasteiger charge is -1.99. The average molecular weight is 308 g/mol. The molecular formula is C16H12N4O3. The predicted octanol–water partition coefficient (Wildman–Crippen LogP) is 2.33. The van der Waals surface area contributed by atoms with Crippen LogP contribution in [0.15, 0.2) is 74.6 Å². The van der Waals surface area contributed by atoms with Gasteiger partial charge in [0.05, 0.1) is 24.2 Å². The summed E-state index contributed by atoms with van der Waals surface area (Å²) in [6.45, 7) is 0.225. The third-order valence-electron chi connectivity index (χ3n) is 3.32. The standard InChI is InChI=1S/C16H12N4O3/c21-16-20(18-15(23-16)14-7-4-10-22-14)11-12-8-9-19(17-12)13-5-2-1-3-6-13/h1-10H,11H2. The van der Waals surface area contributed by atoms with Gasteiger partial charge in [0, 0.05) is 6.20 Å². The van der Waals surface area contributed by atoms with Crippen LogP contribution in [-0.2, 0) is 6.54 Å². The molecule has 114 valence electrons. The third kappa shape index (κ3) is 2.59. The number of nitrogens with zero attached hydrogens (tertiary/aromatic N) is 4. The normalized spacial score (nSPS) is 11.0. The smallest absolute Gasteiger partial charge is 0.437 e. The molecule has 0 amide bonds. The number of aromatic nitrogens is 4. The van der Waals surface area contributed by atoms with Gasteiger partial charge in [-0.1, -0.05) is 18.2 Å². The number of para-hydroxylation sites is 1. The maximum atomic E-state index is 11.9. The molecule has 0 saturated carbocycles. The lowest BCUT2D eigenvalue weighted by molar-refractivity contribution is 0.475. The lowest BCUT2D eigenvalue weighted by Crippen LogP contribution is -2.17. The van der Waals surface area contributed by atoms with Crippen molar-refractivity contribution in [3.8, 4) is 17.3 Å². The van der Waals surface area contributed by atoms with Crippen LogP contribution >= 0.6 is 0 Å². The second-order valence-electron chi connectivity index (χ2n) is 4.90. The molecular weight excluding hydrogens is 296 g/mol. The Morgan fingerprint density at radius 1 is 1.00 bits per heavy atom. The summed E-state index contributed by atoms with van der Waals surface area (Å²) in [5.41, 5.74) is 1.65. The summed E-state index contributed by atoms with van der Waals surface area (Å²) in [4.78, 5) is 11.9. The first-order valence-corrected chi connectivity index (χ1v) is 7.01. The van der Waals surface area contributed by atoms with E-state index in [2.05, 4.69) is 10.2 Å². The van der Waals surface area contributed by atoms with Crippen molar-refractivity contribution in [2.45, 2.75) is 6.54 Å². The predicted molar refractivity (Wildman–Crippen MR) is 81.1 cm³/mol. The van der Waals surface area contributed by atoms with Crippen molar-refractivity contribution in [1.29, 1.82) is 0 Å². The van der Waals surface area contributed by atoms with Crippen molar-refractivity contribution in [1.82, 2.24) is 19.6 Å². The zero-order valence-corrected chi connectivity index (χ0v) is 12.0. The second-order valence-corrected chi connectivity index (χ2v) is 4.90. The van der Waals surface area contributed by atoms with E-state index in [0.29, 0.717) is 11.5 Å². The van der Waals surface area contributed by atoms with Crippen LogP contribution in [0.4, 0.5) is 0 Å². The van der Waals surface area contributed by atoms with E-state index in [-0.39, 0.29) is 12.4 Å². The van der Waals surface area contributed by atoms with E-state index >= 15 is 0 Å². The first-order chi connectivity index (χ1) is 11.3. The zero-order valence-electron chi connectivity index (χ0n) is 12.0. The second kappa shape index (κ2) is 5.45. The maximum Gasteiger partial charge on any atom is 0.437 e. The molecule has 3 heterocycles. The molecule has 0 saturated heterocycles. The summed E-state index contributed by atoms with van der Waals surface area (Å²) in [5.74, 6) is 0.0174. The fraction of sp³-hybridized carbons (Fsp3) is 0.0625. The van der Waals surface area contributed by atoms with Gasteiger partial charge < -0.3 is 8.83 Å². The van der Waals surface area contributed by atoms with Crippen LogP contribution in [0.5, 0.6) is 0 Å². The summed E-state index contributed by atoms with van der Waals surface area (Å²) in [5, 5.41) is 8.56. The molecule has 0 radical (unpaired) electrons. The molecule has 0 atom stereocenters. The third-order valence-corrected chi connectivity index (χ3v) is 3.32. The molecule has 0 unspecified atom stereocenters. The van der Waals surface area contributed by atoms with E-state index in [4.69, 9.17) is 8.83 Å². The van der Waals surface area contributed by atoms with Gasteiger partial charge in [0.2, 0.25) is 0 Å². The highest BCUT2D eigenvalue weighted by atomic mass is 16.4. The van der Waals surface area contributed by atoms with Gasteiger partial charge in [-0.2, -0.15) is 9.78 Å². The van der Waals surface area contributed by atoms with Crippen molar-refractivity contribution in [3.05, 3.63) is 77.2 Å². The van der Waals surface area contributed by atoms with Gasteiger partial charge in [-0.25, -0.2) is 9.48 Å². The molecule has 7 nitrogen and oxygen atoms in total. The lowest BCUT2D eigenvalue weighted by atomic mass is 10.3. The first kappa shape index (κ1) is 13.3. The van der Waals surface area contributed by atoms with Crippen molar-refractivity contribution < 1.29 is 8.83 Å². The fourth-order valence-electron chi connectivity index (χ4n) is 2.23. The van der Waals surface area contributed by atoms with Crippen molar-refractivity contribution in [2.24, 2.45) is 0 Å². The molecule has 0 aliphatic rings. The highest BCUT2D eigenvalue weighted by Crippen LogP contribution is 2.15. The monoisotopic (exact) mass is 308 g/mol. The molecule has 23 heavy (non-hydrogen) atoms. The van der Waals surface area contributed by atoms with Gasteiger partial charge in [-0.3, -0.25) is 0 Å². The largest absolute Gasteiger partial charge is 0.459 e. The molecule has 4 rings (SSSR count). The Hall–Kier alpha value is -3.35. The minimum Gasteiger partial charge on any atom is -0.459 e. The molecule has 0 spiro atoms. The van der Waals surface area contributed by atoms with E-state index in [1.165, 1.54) is 10.9 Å². The van der Waals surface area contributed by atoms with E-state index in [0.717, 1.165) is 5.69 Å². The van der Waals surface area contributed by atoms with E-state index in [1.807, 2.05) is 42.6 Å². The van der Waals surface area contributed by atoms with E-state index < -0.39 is 5.76 Å². The quantitative estimate of drug-likeness (QED) is 0.578. The number of furan rings is 1. The Bertz CT molecular complexity index is 964. The minimum atomic E-state index is -0.550. The van der Waals surface area contributed by atoms with Crippen molar-refractivity contribution in [2.75, 3.05) is 0 Å². The SMILES string of the molecule is O=c1oc(-c2ccco2)nn1Cc1ccn(-c2ccccc2)n1. The maximum absolute atomic E-state index is 11.9. The average Bonchev–Trinajstić information content (AvgIpc) is 3.31. The zero-order chi connectivity index (χ0) is 15.6. The summed E-state index contributed by atoms with van der Waals surface area (Å²) in [6, 6.07) is 14.9. The molecule has 4 aromatic rings. The Kier molecular flexibility index (Phi) is 3.16. The molecule has 1 aromatic carbocycles. The van der Waals surface area contributed by atoms with Crippen LogP contribution in [0.2, 0.25) is 0 Å². The number of hydrogen-bond acceptors (Lipinski definition) is 5. The van der Waals surface area contributed by atoms with Gasteiger partial charge in [0.25, 0.3) is 5.89 Å². The van der Waals surface area contributed by atoms with Gasteiger partial charge in [-0.15, -0.1) is 5.10 Å². The Morgan fingerprint density at radius 2 is 1.87 bits per heavy atom. The van der Waals surface area contributed by atoms with E-state index in [9.17, 15) is 4.79 Å². The van der Waals surface area contributed by atoms with Crippen LogP contribution in [0.25, 0.3) is 17.3 Å². The Labute approximate surface area is 130 Å². The van der Waals surface area contributed by atoms with Crippen LogP contribution in [0.3, 0.4) is 0 Å². The minimum absolute atomic E-state index is 0.155.